The summed E-state index contributed by atoms with van der Waals surface area (Å²) in [4.78, 5) is 12.4. The van der Waals surface area contributed by atoms with Gasteiger partial charge in [0.25, 0.3) is 5.91 Å². The van der Waals surface area contributed by atoms with Gasteiger partial charge < -0.3 is 19.5 Å². The summed E-state index contributed by atoms with van der Waals surface area (Å²) in [6, 6.07) is 15.3. The first-order valence-electron chi connectivity index (χ1n) is 10.8. The number of anilines is 1. The van der Waals surface area contributed by atoms with Gasteiger partial charge in [0.1, 0.15) is 19.0 Å². The van der Waals surface area contributed by atoms with Gasteiger partial charge in [0.15, 0.2) is 11.5 Å². The molecule has 9 heteroatoms. The Morgan fingerprint density at radius 2 is 1.66 bits per heavy atom. The summed E-state index contributed by atoms with van der Waals surface area (Å²) in [5.74, 6) is 1.17. The van der Waals surface area contributed by atoms with Crippen LogP contribution in [-0.2, 0) is 11.0 Å². The molecule has 1 heterocycles. The van der Waals surface area contributed by atoms with Gasteiger partial charge in [-0.05, 0) is 67.1 Å². The molecule has 0 unspecified atom stereocenters. The Hall–Kier alpha value is -3.65. The highest BCUT2D eigenvalue weighted by atomic mass is 35.5. The highest BCUT2D eigenvalue weighted by molar-refractivity contribution is 6.35. The maximum absolute atomic E-state index is 13.0. The van der Waals surface area contributed by atoms with Crippen LogP contribution in [-0.4, -0.2) is 25.7 Å². The molecule has 0 spiro atoms. The van der Waals surface area contributed by atoms with E-state index in [9.17, 15) is 18.0 Å². The van der Waals surface area contributed by atoms with Gasteiger partial charge >= 0.3 is 6.18 Å². The number of amides is 1. The molecule has 5 nitrogen and oxygen atoms in total. The molecular weight excluding hydrogens is 483 g/mol. The quantitative estimate of drug-likeness (QED) is 0.274. The number of benzene rings is 3. The molecule has 3 aromatic rings. The molecule has 0 saturated heterocycles. The van der Waals surface area contributed by atoms with E-state index in [1.165, 1.54) is 6.07 Å². The molecule has 35 heavy (non-hydrogen) atoms. The molecule has 0 bridgehead atoms. The van der Waals surface area contributed by atoms with Crippen molar-refractivity contribution in [3.05, 3.63) is 82.4 Å². The van der Waals surface area contributed by atoms with Crippen LogP contribution in [0.5, 0.6) is 17.2 Å². The highest BCUT2D eigenvalue weighted by Crippen LogP contribution is 2.39. The minimum atomic E-state index is -4.49. The summed E-state index contributed by atoms with van der Waals surface area (Å²) in [5.41, 5.74) is 0.609. The third-order valence-corrected chi connectivity index (χ3v) is 5.38. The standard InChI is InChI=1S/C26H21ClF3NO4/c1-2-33-24-14-16(3-10-23(24)35-12-11-34-19-7-5-18(27)6-8-19)13-21-20-9-4-17(26(28,29)30)15-22(20)31-25(21)32/h3-10,13-15H,2,11-12H2,1H3,(H,31,32)/b21-13+. The number of halogens is 4. The van der Waals surface area contributed by atoms with Crippen LogP contribution < -0.4 is 19.5 Å². The number of hydrogen-bond donors (Lipinski definition) is 1. The van der Waals surface area contributed by atoms with Crippen molar-refractivity contribution in [2.45, 2.75) is 13.1 Å². The van der Waals surface area contributed by atoms with E-state index in [2.05, 4.69) is 5.32 Å². The topological polar surface area (TPSA) is 56.8 Å². The van der Waals surface area contributed by atoms with Crippen molar-refractivity contribution in [2.75, 3.05) is 25.1 Å². The summed E-state index contributed by atoms with van der Waals surface area (Å²) >= 11 is 5.86. The highest BCUT2D eigenvalue weighted by Gasteiger charge is 2.33. The van der Waals surface area contributed by atoms with E-state index in [0.29, 0.717) is 46.6 Å². The Bertz CT molecular complexity index is 1260. The van der Waals surface area contributed by atoms with Crippen LogP contribution >= 0.6 is 11.6 Å². The van der Waals surface area contributed by atoms with Crippen LogP contribution in [0.3, 0.4) is 0 Å². The van der Waals surface area contributed by atoms with Crippen molar-refractivity contribution >= 4 is 34.8 Å². The molecule has 0 fully saturated rings. The molecule has 1 amide bonds. The lowest BCUT2D eigenvalue weighted by molar-refractivity contribution is -0.137. The third kappa shape index (κ3) is 5.89. The zero-order valence-electron chi connectivity index (χ0n) is 18.6. The molecule has 1 N–H and O–H groups in total. The van der Waals surface area contributed by atoms with Crippen LogP contribution in [0, 0.1) is 0 Å². The average Bonchev–Trinajstić information content (AvgIpc) is 3.13. The predicted octanol–water partition coefficient (Wildman–Crippen LogP) is 6.71. The molecule has 182 valence electrons. The van der Waals surface area contributed by atoms with Crippen molar-refractivity contribution in [2.24, 2.45) is 0 Å². The molecule has 4 rings (SSSR count). The molecule has 0 atom stereocenters. The summed E-state index contributed by atoms with van der Waals surface area (Å²) in [7, 11) is 0. The van der Waals surface area contributed by atoms with Crippen molar-refractivity contribution in [3.8, 4) is 17.2 Å². The summed E-state index contributed by atoms with van der Waals surface area (Å²) in [6.07, 6.45) is -2.89. The van der Waals surface area contributed by atoms with E-state index < -0.39 is 17.6 Å². The maximum atomic E-state index is 13.0. The molecule has 3 aromatic carbocycles. The molecule has 1 aliphatic heterocycles. The van der Waals surface area contributed by atoms with E-state index in [1.54, 1.807) is 48.5 Å². The van der Waals surface area contributed by atoms with Crippen molar-refractivity contribution in [3.63, 3.8) is 0 Å². The zero-order valence-corrected chi connectivity index (χ0v) is 19.4. The monoisotopic (exact) mass is 503 g/mol. The van der Waals surface area contributed by atoms with E-state index >= 15 is 0 Å². The van der Waals surface area contributed by atoms with E-state index in [1.807, 2.05) is 6.92 Å². The minimum Gasteiger partial charge on any atom is -0.490 e. The van der Waals surface area contributed by atoms with Gasteiger partial charge in [-0.1, -0.05) is 23.7 Å². The second kappa shape index (κ2) is 10.3. The van der Waals surface area contributed by atoms with Gasteiger partial charge in [-0.15, -0.1) is 0 Å². The van der Waals surface area contributed by atoms with Crippen molar-refractivity contribution < 1.29 is 32.2 Å². The number of hydrogen-bond acceptors (Lipinski definition) is 4. The Kier molecular flexibility index (Phi) is 7.21. The fourth-order valence-corrected chi connectivity index (χ4v) is 3.65. The summed E-state index contributed by atoms with van der Waals surface area (Å²) < 4.78 is 56.1. The van der Waals surface area contributed by atoms with Gasteiger partial charge in [-0.2, -0.15) is 13.2 Å². The summed E-state index contributed by atoms with van der Waals surface area (Å²) in [5, 5.41) is 3.12. The van der Waals surface area contributed by atoms with Crippen LogP contribution in [0.2, 0.25) is 5.02 Å². The van der Waals surface area contributed by atoms with Crippen LogP contribution in [0.25, 0.3) is 11.6 Å². The lowest BCUT2D eigenvalue weighted by Crippen LogP contribution is -2.10. The molecule has 0 aliphatic carbocycles. The first-order chi connectivity index (χ1) is 16.7. The van der Waals surface area contributed by atoms with Gasteiger partial charge in [-0.3, -0.25) is 4.79 Å². The number of carbonyl (C=O) groups is 1. The SMILES string of the molecule is CCOc1cc(/C=C2/C(=O)Nc3cc(C(F)(F)F)ccc32)ccc1OCCOc1ccc(Cl)cc1. The molecule has 0 saturated carbocycles. The van der Waals surface area contributed by atoms with Gasteiger partial charge in [0.05, 0.1) is 12.2 Å². The lowest BCUT2D eigenvalue weighted by Gasteiger charge is -2.13. The van der Waals surface area contributed by atoms with E-state index in [4.69, 9.17) is 25.8 Å². The molecule has 0 radical (unpaired) electrons. The van der Waals surface area contributed by atoms with Crippen molar-refractivity contribution in [1.82, 2.24) is 0 Å². The normalized spacial score (nSPS) is 14.0. The lowest BCUT2D eigenvalue weighted by atomic mass is 10.0. The number of nitrogens with one attached hydrogen (secondary N) is 1. The van der Waals surface area contributed by atoms with Gasteiger partial charge in [-0.25, -0.2) is 0 Å². The summed E-state index contributed by atoms with van der Waals surface area (Å²) in [6.45, 7) is 2.79. The largest absolute Gasteiger partial charge is 0.490 e. The van der Waals surface area contributed by atoms with Gasteiger partial charge in [0.2, 0.25) is 0 Å². The molecular formula is C26H21ClF3NO4. The Labute approximate surface area is 205 Å². The third-order valence-electron chi connectivity index (χ3n) is 5.13. The van der Waals surface area contributed by atoms with Crippen LogP contribution in [0.15, 0.2) is 60.7 Å². The van der Waals surface area contributed by atoms with E-state index in [0.717, 1.165) is 12.1 Å². The Morgan fingerprint density at radius 3 is 2.37 bits per heavy atom. The molecule has 1 aliphatic rings. The fourth-order valence-electron chi connectivity index (χ4n) is 3.52. The van der Waals surface area contributed by atoms with Crippen LogP contribution in [0.4, 0.5) is 18.9 Å². The first-order valence-corrected chi connectivity index (χ1v) is 11.1. The minimum absolute atomic E-state index is 0.127. The maximum Gasteiger partial charge on any atom is 0.416 e. The number of ether oxygens (including phenoxy) is 3. The van der Waals surface area contributed by atoms with Crippen LogP contribution in [0.1, 0.15) is 23.6 Å². The molecule has 0 aromatic heterocycles. The zero-order chi connectivity index (χ0) is 25.0. The number of alkyl halides is 3. The number of rotatable bonds is 8. The smallest absolute Gasteiger partial charge is 0.416 e. The Morgan fingerprint density at radius 1 is 0.914 bits per heavy atom. The van der Waals surface area contributed by atoms with Crippen molar-refractivity contribution in [1.29, 1.82) is 0 Å². The fraction of sp³-hybridized carbons (Fsp3) is 0.192. The number of carbonyl (C=O) groups excluding carboxylic acids is 1. The van der Waals surface area contributed by atoms with Gasteiger partial charge in [0, 0.05) is 21.8 Å². The second-order valence-electron chi connectivity index (χ2n) is 7.56. The second-order valence-corrected chi connectivity index (χ2v) is 8.00. The number of fused-ring (bicyclic) bond motifs is 1. The average molecular weight is 504 g/mol. The Balaban J connectivity index is 1.48. The first kappa shape index (κ1) is 24.5. The van der Waals surface area contributed by atoms with E-state index in [-0.39, 0.29) is 17.9 Å². The predicted molar refractivity (Wildman–Crippen MR) is 128 cm³/mol.